The maximum Gasteiger partial charge on any atom is 0.323 e. The zero-order valence-electron chi connectivity index (χ0n) is 17.2. The van der Waals surface area contributed by atoms with Gasteiger partial charge in [0.1, 0.15) is 11.6 Å². The van der Waals surface area contributed by atoms with Crippen LogP contribution >= 0.6 is 11.3 Å². The number of amides is 2. The van der Waals surface area contributed by atoms with Crippen LogP contribution in [0.1, 0.15) is 5.56 Å². The van der Waals surface area contributed by atoms with E-state index in [1.807, 2.05) is 0 Å². The monoisotopic (exact) mass is 484 g/mol. The molecule has 0 aliphatic carbocycles. The zero-order valence-corrected chi connectivity index (χ0v) is 18.0. The zero-order chi connectivity index (χ0) is 23.7. The molecule has 1 atom stereocenters. The van der Waals surface area contributed by atoms with Gasteiger partial charge in [-0.2, -0.15) is 0 Å². The number of nitrogens with zero attached hydrogens (tertiary/aromatic N) is 3. The van der Waals surface area contributed by atoms with Gasteiger partial charge in [-0.15, -0.1) is 0 Å². The Labute approximate surface area is 189 Å². The number of benzene rings is 2. The molecule has 12 heteroatoms. The van der Waals surface area contributed by atoms with Crippen molar-refractivity contribution in [2.75, 3.05) is 43.0 Å². The quantitative estimate of drug-likeness (QED) is 0.485. The molecule has 33 heavy (non-hydrogen) atoms. The second kappa shape index (κ2) is 9.49. The number of carbonyl (C=O) groups is 1. The van der Waals surface area contributed by atoms with Crippen LogP contribution in [0.2, 0.25) is 0 Å². The maximum absolute atomic E-state index is 14.6. The number of rotatable bonds is 5. The number of hydrogen-bond acceptors (Lipinski definition) is 6. The molecule has 3 aromatic rings. The second-order valence-corrected chi connectivity index (χ2v) is 8.62. The summed E-state index contributed by atoms with van der Waals surface area (Å²) in [6.45, 7) is 0.396. The Morgan fingerprint density at radius 1 is 1.03 bits per heavy atom. The van der Waals surface area contributed by atoms with Gasteiger partial charge in [0.2, 0.25) is 0 Å². The largest absolute Gasteiger partial charge is 0.394 e. The van der Waals surface area contributed by atoms with Crippen molar-refractivity contribution in [2.45, 2.75) is 12.5 Å². The fourth-order valence-electron chi connectivity index (χ4n) is 3.59. The van der Waals surface area contributed by atoms with Gasteiger partial charge in [-0.25, -0.2) is 27.3 Å². The van der Waals surface area contributed by atoms with Crippen molar-refractivity contribution < 1.29 is 32.6 Å². The average Bonchev–Trinajstić information content (AvgIpc) is 3.17. The highest BCUT2D eigenvalue weighted by molar-refractivity contribution is 7.22. The number of fused-ring (bicyclic) bond motifs is 1. The van der Waals surface area contributed by atoms with Gasteiger partial charge in [-0.05, 0) is 17.7 Å². The molecule has 0 radical (unpaired) electrons. The van der Waals surface area contributed by atoms with E-state index in [4.69, 9.17) is 5.11 Å². The molecule has 2 aromatic carbocycles. The van der Waals surface area contributed by atoms with E-state index in [1.165, 1.54) is 4.90 Å². The van der Waals surface area contributed by atoms with Crippen LogP contribution in [0.15, 0.2) is 24.3 Å². The van der Waals surface area contributed by atoms with Crippen molar-refractivity contribution in [3.8, 4) is 0 Å². The number of nitrogens with one attached hydrogen (secondary N) is 1. The van der Waals surface area contributed by atoms with Crippen molar-refractivity contribution in [3.05, 3.63) is 53.1 Å². The Balaban J connectivity index is 1.38. The minimum atomic E-state index is -1.18. The van der Waals surface area contributed by atoms with E-state index in [2.05, 4.69) is 10.3 Å². The third-order valence-electron chi connectivity index (χ3n) is 5.33. The molecule has 176 valence electrons. The number of piperazine rings is 1. The average molecular weight is 484 g/mol. The van der Waals surface area contributed by atoms with Crippen LogP contribution in [0.25, 0.3) is 10.2 Å². The number of halogens is 4. The van der Waals surface area contributed by atoms with E-state index in [0.717, 1.165) is 35.6 Å². The summed E-state index contributed by atoms with van der Waals surface area (Å²) in [6.07, 6.45) is -1.39. The molecule has 1 fully saturated rings. The molecule has 3 N–H and O–H groups in total. The topological polar surface area (TPSA) is 88.9 Å². The van der Waals surface area contributed by atoms with Crippen LogP contribution in [0.3, 0.4) is 0 Å². The summed E-state index contributed by atoms with van der Waals surface area (Å²) in [5.41, 5.74) is 0.239. The Hall–Kier alpha value is -2.96. The third-order valence-corrected chi connectivity index (χ3v) is 6.27. The summed E-state index contributed by atoms with van der Waals surface area (Å²) in [6, 6.07) is 3.56. The first kappa shape index (κ1) is 23.2. The SMILES string of the molecule is O=C(Nc1nc2cc(F)c(F)cc2s1)N1CCN(c2cc(F)c(C[C@@H](O)CO)cc2F)CC1. The molecule has 0 saturated carbocycles. The molecule has 4 rings (SSSR count). The molecular formula is C21H20F4N4O3S. The van der Waals surface area contributed by atoms with E-state index < -0.39 is 42.0 Å². The number of thiazole rings is 1. The Morgan fingerprint density at radius 2 is 1.73 bits per heavy atom. The Bertz CT molecular complexity index is 1150. The first-order chi connectivity index (χ1) is 15.7. The van der Waals surface area contributed by atoms with Gasteiger partial charge < -0.3 is 20.0 Å². The minimum Gasteiger partial charge on any atom is -0.394 e. The predicted octanol–water partition coefficient (Wildman–Crippen LogP) is 3.10. The Kier molecular flexibility index (Phi) is 6.68. The van der Waals surface area contributed by atoms with Gasteiger partial charge >= 0.3 is 6.03 Å². The van der Waals surface area contributed by atoms with Crippen molar-refractivity contribution in [1.29, 1.82) is 0 Å². The van der Waals surface area contributed by atoms with Gasteiger partial charge in [0.25, 0.3) is 0 Å². The van der Waals surface area contributed by atoms with Gasteiger partial charge in [-0.3, -0.25) is 5.32 Å². The molecular weight excluding hydrogens is 464 g/mol. The standard InChI is InChI=1S/C21H20F4N4O3S/c22-13-8-18(16(25)6-11(13)5-12(31)10-30)28-1-3-29(4-2-28)21(32)27-20-26-17-7-14(23)15(24)9-19(17)33-20/h6-9,12,30-31H,1-5,10H2,(H,26,27,32)/t12-/m1/s1. The van der Waals surface area contributed by atoms with Crippen LogP contribution in [0.4, 0.5) is 33.2 Å². The van der Waals surface area contributed by atoms with E-state index >= 15 is 0 Å². The second-order valence-electron chi connectivity index (χ2n) is 7.59. The van der Waals surface area contributed by atoms with Crippen LogP contribution in [0.5, 0.6) is 0 Å². The normalized spacial score (nSPS) is 15.2. The fraction of sp³-hybridized carbons (Fsp3) is 0.333. The van der Waals surface area contributed by atoms with Crippen LogP contribution in [0, 0.1) is 23.3 Å². The maximum atomic E-state index is 14.6. The number of aliphatic hydroxyl groups is 2. The van der Waals surface area contributed by atoms with Gasteiger partial charge in [0, 0.05) is 44.7 Å². The third kappa shape index (κ3) is 5.02. The molecule has 1 aliphatic rings. The summed E-state index contributed by atoms with van der Waals surface area (Å²) in [5, 5.41) is 21.1. The van der Waals surface area contributed by atoms with Gasteiger partial charge in [-0.1, -0.05) is 11.3 Å². The molecule has 0 unspecified atom stereocenters. The fourth-order valence-corrected chi connectivity index (χ4v) is 4.45. The molecule has 0 bridgehead atoms. The summed E-state index contributed by atoms with van der Waals surface area (Å²) in [5.74, 6) is -3.38. The van der Waals surface area contributed by atoms with Crippen molar-refractivity contribution in [1.82, 2.24) is 9.88 Å². The van der Waals surface area contributed by atoms with Crippen molar-refractivity contribution in [3.63, 3.8) is 0 Å². The predicted molar refractivity (Wildman–Crippen MR) is 115 cm³/mol. The number of urea groups is 1. The molecule has 7 nitrogen and oxygen atoms in total. The summed E-state index contributed by atoms with van der Waals surface area (Å²) >= 11 is 1.01. The van der Waals surface area contributed by atoms with Crippen LogP contribution < -0.4 is 10.2 Å². The lowest BCUT2D eigenvalue weighted by Gasteiger charge is -2.36. The highest BCUT2D eigenvalue weighted by Gasteiger charge is 2.25. The highest BCUT2D eigenvalue weighted by atomic mass is 32.1. The van der Waals surface area contributed by atoms with E-state index in [9.17, 15) is 27.5 Å². The molecule has 2 amide bonds. The Morgan fingerprint density at radius 3 is 2.42 bits per heavy atom. The first-order valence-corrected chi connectivity index (χ1v) is 10.9. The summed E-state index contributed by atoms with van der Waals surface area (Å²) < 4.78 is 56.0. The molecule has 1 saturated heterocycles. The summed E-state index contributed by atoms with van der Waals surface area (Å²) in [7, 11) is 0. The lowest BCUT2D eigenvalue weighted by molar-refractivity contribution is 0.0947. The van der Waals surface area contributed by atoms with Crippen LogP contribution in [-0.4, -0.2) is 65.0 Å². The number of hydrogen-bond donors (Lipinski definition) is 3. The van der Waals surface area contributed by atoms with E-state index in [1.54, 1.807) is 4.90 Å². The molecule has 1 aliphatic heterocycles. The smallest absolute Gasteiger partial charge is 0.323 e. The van der Waals surface area contributed by atoms with E-state index in [-0.39, 0.29) is 54.5 Å². The first-order valence-electron chi connectivity index (χ1n) is 10.1. The highest BCUT2D eigenvalue weighted by Crippen LogP contribution is 2.29. The number of carbonyl (C=O) groups excluding carboxylic acids is 1. The van der Waals surface area contributed by atoms with E-state index in [0.29, 0.717) is 4.70 Å². The lowest BCUT2D eigenvalue weighted by atomic mass is 10.1. The summed E-state index contributed by atoms with van der Waals surface area (Å²) in [4.78, 5) is 19.7. The number of aliphatic hydroxyl groups excluding tert-OH is 2. The molecule has 0 spiro atoms. The molecule has 1 aromatic heterocycles. The van der Waals surface area contributed by atoms with Gasteiger partial charge in [0.15, 0.2) is 16.8 Å². The van der Waals surface area contributed by atoms with Crippen molar-refractivity contribution in [2.24, 2.45) is 0 Å². The molecule has 2 heterocycles. The van der Waals surface area contributed by atoms with Gasteiger partial charge in [0.05, 0.1) is 28.6 Å². The number of anilines is 2. The van der Waals surface area contributed by atoms with Crippen LogP contribution in [-0.2, 0) is 6.42 Å². The lowest BCUT2D eigenvalue weighted by Crippen LogP contribution is -2.50. The minimum absolute atomic E-state index is 0.0357. The number of aromatic nitrogens is 1. The van der Waals surface area contributed by atoms with Crippen molar-refractivity contribution >= 4 is 38.4 Å².